The molecule has 0 spiro atoms. The van der Waals surface area contributed by atoms with Crippen LogP contribution in [-0.4, -0.2) is 24.1 Å². The van der Waals surface area contributed by atoms with Crippen LogP contribution in [0, 0.1) is 0 Å². The third-order valence-corrected chi connectivity index (χ3v) is 4.22. The molecule has 1 fully saturated rings. The minimum absolute atomic E-state index is 0.402. The van der Waals surface area contributed by atoms with Gasteiger partial charge in [0.05, 0.1) is 11.4 Å². The number of nitrogens with zero attached hydrogens (tertiary/aromatic N) is 1. The zero-order chi connectivity index (χ0) is 16.1. The number of benzene rings is 2. The lowest BCUT2D eigenvalue weighted by molar-refractivity contribution is -0.124. The minimum Gasteiger partial charge on any atom is -0.378 e. The van der Waals surface area contributed by atoms with Crippen LogP contribution in [0.5, 0.6) is 0 Å². The van der Waals surface area contributed by atoms with Crippen LogP contribution in [0.3, 0.4) is 0 Å². The Kier molecular flexibility index (Phi) is 4.93. The highest BCUT2D eigenvalue weighted by Gasteiger charge is 2.20. The van der Waals surface area contributed by atoms with Gasteiger partial charge in [0.25, 0.3) is 5.91 Å². The first-order valence-corrected chi connectivity index (χ1v) is 8.13. The molecule has 120 valence electrons. The van der Waals surface area contributed by atoms with E-state index in [1.807, 2.05) is 42.5 Å². The Labute approximate surface area is 136 Å². The first-order chi connectivity index (χ1) is 11.3. The number of para-hydroxylation sites is 2. The van der Waals surface area contributed by atoms with Crippen molar-refractivity contribution in [3.63, 3.8) is 0 Å². The number of amides is 1. The van der Waals surface area contributed by atoms with Crippen LogP contribution in [0.2, 0.25) is 0 Å². The van der Waals surface area contributed by atoms with Crippen molar-refractivity contribution in [2.45, 2.75) is 25.4 Å². The van der Waals surface area contributed by atoms with E-state index in [1.165, 1.54) is 19.3 Å². The standard InChI is InChI=1S/C19H22N2O2/c22-18(15-9-3-1-4-10-15)19(23)20-16-11-5-6-12-17(16)21-13-7-2-8-14-21/h1,3-6,9-12,18,22H,2,7-8,13-14H2,(H,20,23). The fourth-order valence-electron chi connectivity index (χ4n) is 2.98. The number of carbonyl (C=O) groups excluding carboxylic acids is 1. The average Bonchev–Trinajstić information content (AvgIpc) is 2.63. The fraction of sp³-hybridized carbons (Fsp3) is 0.316. The smallest absolute Gasteiger partial charge is 0.257 e. The molecule has 1 aliphatic rings. The Bertz CT molecular complexity index is 651. The number of nitrogens with one attached hydrogen (secondary N) is 1. The van der Waals surface area contributed by atoms with Crippen LogP contribution in [0.1, 0.15) is 30.9 Å². The van der Waals surface area contributed by atoms with Gasteiger partial charge in [0, 0.05) is 13.1 Å². The van der Waals surface area contributed by atoms with E-state index in [9.17, 15) is 9.90 Å². The molecule has 2 aromatic carbocycles. The Hall–Kier alpha value is -2.33. The van der Waals surface area contributed by atoms with Gasteiger partial charge in [-0.3, -0.25) is 4.79 Å². The molecule has 1 amide bonds. The van der Waals surface area contributed by atoms with Crippen LogP contribution in [0.4, 0.5) is 11.4 Å². The molecule has 2 N–H and O–H groups in total. The summed E-state index contributed by atoms with van der Waals surface area (Å²) in [5.41, 5.74) is 2.38. The zero-order valence-corrected chi connectivity index (χ0v) is 13.1. The SMILES string of the molecule is O=C(Nc1ccccc1N1CCCCC1)C(O)c1ccccc1. The highest BCUT2D eigenvalue weighted by molar-refractivity contribution is 5.97. The van der Waals surface area contributed by atoms with Crippen molar-refractivity contribution in [1.29, 1.82) is 0 Å². The van der Waals surface area contributed by atoms with E-state index >= 15 is 0 Å². The zero-order valence-electron chi connectivity index (χ0n) is 13.1. The van der Waals surface area contributed by atoms with E-state index in [0.717, 1.165) is 24.5 Å². The number of carbonyl (C=O) groups is 1. The summed E-state index contributed by atoms with van der Waals surface area (Å²) in [7, 11) is 0. The van der Waals surface area contributed by atoms with Gasteiger partial charge in [0.2, 0.25) is 0 Å². The molecule has 0 aromatic heterocycles. The molecular formula is C19H22N2O2. The van der Waals surface area contributed by atoms with Crippen molar-refractivity contribution in [3.8, 4) is 0 Å². The van der Waals surface area contributed by atoms with Crippen molar-refractivity contribution in [2.75, 3.05) is 23.3 Å². The Morgan fingerprint density at radius 1 is 0.957 bits per heavy atom. The van der Waals surface area contributed by atoms with E-state index in [2.05, 4.69) is 10.2 Å². The van der Waals surface area contributed by atoms with Crippen LogP contribution in [-0.2, 0) is 4.79 Å². The molecule has 1 saturated heterocycles. The van der Waals surface area contributed by atoms with E-state index in [0.29, 0.717) is 5.56 Å². The molecule has 3 rings (SSSR count). The van der Waals surface area contributed by atoms with Gasteiger partial charge < -0.3 is 15.3 Å². The molecule has 4 heteroatoms. The summed E-state index contributed by atoms with van der Waals surface area (Å²) in [5, 5.41) is 13.1. The van der Waals surface area contributed by atoms with Crippen LogP contribution >= 0.6 is 0 Å². The van der Waals surface area contributed by atoms with Crippen molar-refractivity contribution < 1.29 is 9.90 Å². The quantitative estimate of drug-likeness (QED) is 0.910. The third kappa shape index (κ3) is 3.71. The fourth-order valence-corrected chi connectivity index (χ4v) is 2.98. The highest BCUT2D eigenvalue weighted by Crippen LogP contribution is 2.29. The number of piperidine rings is 1. The summed E-state index contributed by atoms with van der Waals surface area (Å²) in [4.78, 5) is 14.7. The normalized spacial score (nSPS) is 16.0. The Morgan fingerprint density at radius 2 is 1.61 bits per heavy atom. The molecule has 4 nitrogen and oxygen atoms in total. The molecule has 0 bridgehead atoms. The Morgan fingerprint density at radius 3 is 2.35 bits per heavy atom. The molecular weight excluding hydrogens is 288 g/mol. The van der Waals surface area contributed by atoms with Gasteiger partial charge in [0.15, 0.2) is 6.10 Å². The lowest BCUT2D eigenvalue weighted by Gasteiger charge is -2.30. The second kappa shape index (κ2) is 7.29. The lowest BCUT2D eigenvalue weighted by atomic mass is 10.1. The second-order valence-corrected chi connectivity index (χ2v) is 5.87. The maximum atomic E-state index is 12.4. The summed E-state index contributed by atoms with van der Waals surface area (Å²) >= 11 is 0. The molecule has 1 unspecified atom stereocenters. The molecule has 0 saturated carbocycles. The first-order valence-electron chi connectivity index (χ1n) is 8.13. The predicted octanol–water partition coefficient (Wildman–Crippen LogP) is 3.35. The van der Waals surface area contributed by atoms with Gasteiger partial charge in [-0.15, -0.1) is 0 Å². The number of hydrogen-bond acceptors (Lipinski definition) is 3. The van der Waals surface area contributed by atoms with Gasteiger partial charge in [0.1, 0.15) is 0 Å². The Balaban J connectivity index is 1.76. The molecule has 1 heterocycles. The number of rotatable bonds is 4. The van der Waals surface area contributed by atoms with Crippen molar-refractivity contribution in [1.82, 2.24) is 0 Å². The van der Waals surface area contributed by atoms with E-state index < -0.39 is 12.0 Å². The second-order valence-electron chi connectivity index (χ2n) is 5.87. The third-order valence-electron chi connectivity index (χ3n) is 4.22. The average molecular weight is 310 g/mol. The van der Waals surface area contributed by atoms with Gasteiger partial charge in [-0.05, 0) is 37.0 Å². The molecule has 23 heavy (non-hydrogen) atoms. The maximum absolute atomic E-state index is 12.4. The van der Waals surface area contributed by atoms with Gasteiger partial charge in [-0.2, -0.15) is 0 Å². The molecule has 1 atom stereocenters. The monoisotopic (exact) mass is 310 g/mol. The van der Waals surface area contributed by atoms with Gasteiger partial charge in [-0.25, -0.2) is 0 Å². The van der Waals surface area contributed by atoms with Crippen LogP contribution < -0.4 is 10.2 Å². The van der Waals surface area contributed by atoms with Crippen molar-refractivity contribution in [2.24, 2.45) is 0 Å². The van der Waals surface area contributed by atoms with Gasteiger partial charge >= 0.3 is 0 Å². The molecule has 2 aromatic rings. The summed E-state index contributed by atoms with van der Waals surface area (Å²) in [6.45, 7) is 2.02. The van der Waals surface area contributed by atoms with Crippen molar-refractivity contribution in [3.05, 3.63) is 60.2 Å². The van der Waals surface area contributed by atoms with Gasteiger partial charge in [-0.1, -0.05) is 42.5 Å². The van der Waals surface area contributed by atoms with Crippen molar-refractivity contribution >= 4 is 17.3 Å². The number of anilines is 2. The molecule has 0 radical (unpaired) electrons. The summed E-state index contributed by atoms with van der Waals surface area (Å²) in [5.74, 6) is -0.402. The van der Waals surface area contributed by atoms with E-state index in [1.54, 1.807) is 12.1 Å². The highest BCUT2D eigenvalue weighted by atomic mass is 16.3. The molecule has 0 aliphatic carbocycles. The first kappa shape index (κ1) is 15.6. The number of hydrogen-bond donors (Lipinski definition) is 2. The van der Waals surface area contributed by atoms with Crippen LogP contribution in [0.15, 0.2) is 54.6 Å². The maximum Gasteiger partial charge on any atom is 0.257 e. The number of aliphatic hydroxyl groups is 1. The summed E-state index contributed by atoms with van der Waals surface area (Å²) in [6, 6.07) is 16.8. The lowest BCUT2D eigenvalue weighted by Crippen LogP contribution is -2.31. The molecule has 1 aliphatic heterocycles. The number of aliphatic hydroxyl groups excluding tert-OH is 1. The topological polar surface area (TPSA) is 52.6 Å². The van der Waals surface area contributed by atoms with E-state index in [4.69, 9.17) is 0 Å². The van der Waals surface area contributed by atoms with E-state index in [-0.39, 0.29) is 0 Å². The predicted molar refractivity (Wildman–Crippen MR) is 92.5 cm³/mol. The minimum atomic E-state index is -1.16. The summed E-state index contributed by atoms with van der Waals surface area (Å²) < 4.78 is 0. The summed E-state index contributed by atoms with van der Waals surface area (Å²) in [6.07, 6.45) is 2.45. The van der Waals surface area contributed by atoms with Crippen LogP contribution in [0.25, 0.3) is 0 Å². The largest absolute Gasteiger partial charge is 0.378 e.